The molecular formula is C31H36ClN3O6S. The number of nitrogens with one attached hydrogen (secondary N) is 1. The third-order valence-electron chi connectivity index (χ3n) is 7.38. The fraction of sp³-hybridized carbons (Fsp3) is 0.355. The summed E-state index contributed by atoms with van der Waals surface area (Å²) in [6.07, 6.45) is 3.86. The van der Waals surface area contributed by atoms with Gasteiger partial charge in [-0.25, -0.2) is 8.42 Å². The smallest absolute Gasteiger partial charge is 0.264 e. The minimum atomic E-state index is -4.26. The SMILES string of the molecule is COc1ccc(OC)c(N(CC(=O)N(Cc2cccc(Cl)c2)[C@H](C)C(=O)NC2CCCC2)S(=O)(=O)c2ccccc2)c1. The van der Waals surface area contributed by atoms with E-state index < -0.39 is 28.5 Å². The van der Waals surface area contributed by atoms with Crippen LogP contribution in [0, 0.1) is 0 Å². The minimum absolute atomic E-state index is 0.00362. The Kier molecular flexibility index (Phi) is 10.3. The molecule has 1 N–H and O–H groups in total. The highest BCUT2D eigenvalue weighted by Crippen LogP contribution is 2.36. The number of anilines is 1. The van der Waals surface area contributed by atoms with Crippen molar-refractivity contribution in [1.82, 2.24) is 10.2 Å². The van der Waals surface area contributed by atoms with E-state index in [1.165, 1.54) is 37.3 Å². The van der Waals surface area contributed by atoms with Crippen LogP contribution < -0.4 is 19.1 Å². The fourth-order valence-electron chi connectivity index (χ4n) is 5.03. The lowest BCUT2D eigenvalue weighted by molar-refractivity contribution is -0.139. The zero-order valence-electron chi connectivity index (χ0n) is 24.0. The molecule has 3 aromatic rings. The summed E-state index contributed by atoms with van der Waals surface area (Å²) >= 11 is 6.22. The van der Waals surface area contributed by atoms with Crippen LogP contribution >= 0.6 is 11.6 Å². The predicted octanol–water partition coefficient (Wildman–Crippen LogP) is 5.03. The quantitative estimate of drug-likeness (QED) is 0.307. The molecule has 0 heterocycles. The summed E-state index contributed by atoms with van der Waals surface area (Å²) in [7, 11) is -1.38. The van der Waals surface area contributed by atoms with Gasteiger partial charge in [0.1, 0.15) is 24.1 Å². The van der Waals surface area contributed by atoms with Crippen molar-refractivity contribution in [3.63, 3.8) is 0 Å². The summed E-state index contributed by atoms with van der Waals surface area (Å²) in [5.41, 5.74) is 0.826. The summed E-state index contributed by atoms with van der Waals surface area (Å²) in [6, 6.07) is 18.7. The van der Waals surface area contributed by atoms with E-state index in [-0.39, 0.29) is 34.8 Å². The highest BCUT2D eigenvalue weighted by Gasteiger charge is 2.34. The number of carbonyl (C=O) groups excluding carboxylic acids is 2. The van der Waals surface area contributed by atoms with Crippen molar-refractivity contribution in [3.8, 4) is 11.5 Å². The molecule has 42 heavy (non-hydrogen) atoms. The third-order valence-corrected chi connectivity index (χ3v) is 9.38. The molecule has 0 spiro atoms. The Morgan fingerprint density at radius 2 is 1.69 bits per heavy atom. The van der Waals surface area contributed by atoms with Crippen molar-refractivity contribution in [2.24, 2.45) is 0 Å². The average Bonchev–Trinajstić information content (AvgIpc) is 3.51. The summed E-state index contributed by atoms with van der Waals surface area (Å²) in [5.74, 6) is -0.259. The number of hydrogen-bond donors (Lipinski definition) is 1. The van der Waals surface area contributed by atoms with Gasteiger partial charge in [0.2, 0.25) is 11.8 Å². The first-order chi connectivity index (χ1) is 20.1. The van der Waals surface area contributed by atoms with Crippen molar-refractivity contribution in [2.75, 3.05) is 25.1 Å². The Hall–Kier alpha value is -3.76. The van der Waals surface area contributed by atoms with Crippen LogP contribution in [0.15, 0.2) is 77.7 Å². The maximum atomic E-state index is 14.2. The Bertz CT molecular complexity index is 1500. The van der Waals surface area contributed by atoms with Gasteiger partial charge < -0.3 is 19.7 Å². The van der Waals surface area contributed by atoms with E-state index in [9.17, 15) is 18.0 Å². The number of ether oxygens (including phenoxy) is 2. The molecule has 3 aromatic carbocycles. The Balaban J connectivity index is 1.75. The molecule has 2 amide bonds. The molecule has 1 saturated carbocycles. The molecule has 1 aliphatic carbocycles. The first kappa shape index (κ1) is 31.2. The lowest BCUT2D eigenvalue weighted by atomic mass is 10.1. The molecule has 0 aromatic heterocycles. The van der Waals surface area contributed by atoms with Gasteiger partial charge in [-0.3, -0.25) is 13.9 Å². The van der Waals surface area contributed by atoms with Gasteiger partial charge in [-0.1, -0.05) is 54.8 Å². The maximum Gasteiger partial charge on any atom is 0.264 e. The van der Waals surface area contributed by atoms with Gasteiger partial charge in [-0.05, 0) is 61.7 Å². The number of hydrogen-bond acceptors (Lipinski definition) is 6. The second kappa shape index (κ2) is 13.9. The molecule has 0 radical (unpaired) electrons. The van der Waals surface area contributed by atoms with E-state index in [0.29, 0.717) is 16.3 Å². The van der Waals surface area contributed by atoms with E-state index in [4.69, 9.17) is 21.1 Å². The number of sulfonamides is 1. The molecule has 1 fully saturated rings. The number of nitrogens with zero attached hydrogens (tertiary/aromatic N) is 2. The van der Waals surface area contributed by atoms with E-state index in [1.807, 2.05) is 0 Å². The maximum absolute atomic E-state index is 14.2. The fourth-order valence-corrected chi connectivity index (χ4v) is 6.68. The lowest BCUT2D eigenvalue weighted by Gasteiger charge is -2.33. The Morgan fingerprint density at radius 3 is 2.33 bits per heavy atom. The largest absolute Gasteiger partial charge is 0.497 e. The zero-order valence-corrected chi connectivity index (χ0v) is 25.5. The van der Waals surface area contributed by atoms with E-state index in [0.717, 1.165) is 30.0 Å². The number of rotatable bonds is 12. The van der Waals surface area contributed by atoms with Gasteiger partial charge in [-0.2, -0.15) is 0 Å². The first-order valence-corrected chi connectivity index (χ1v) is 15.6. The molecule has 0 saturated heterocycles. The van der Waals surface area contributed by atoms with Crippen LogP contribution in [-0.2, 0) is 26.2 Å². The van der Waals surface area contributed by atoms with Crippen LogP contribution in [0.5, 0.6) is 11.5 Å². The van der Waals surface area contributed by atoms with Crippen LogP contribution in [-0.4, -0.2) is 58.0 Å². The Labute approximate surface area is 252 Å². The van der Waals surface area contributed by atoms with Crippen molar-refractivity contribution >= 4 is 39.1 Å². The number of amides is 2. The predicted molar refractivity (Wildman–Crippen MR) is 162 cm³/mol. The van der Waals surface area contributed by atoms with Gasteiger partial charge in [0.25, 0.3) is 10.0 Å². The second-order valence-electron chi connectivity index (χ2n) is 10.2. The summed E-state index contributed by atoms with van der Waals surface area (Å²) in [5, 5.41) is 3.54. The third kappa shape index (κ3) is 7.35. The monoisotopic (exact) mass is 613 g/mol. The van der Waals surface area contributed by atoms with Gasteiger partial charge in [0.05, 0.1) is 24.8 Å². The van der Waals surface area contributed by atoms with Crippen LogP contribution in [0.25, 0.3) is 0 Å². The standard InChI is InChI=1S/C31H36ClN3O6S/c1-22(31(37)33-25-12-7-8-13-25)34(20-23-10-9-11-24(32)18-23)30(36)21-35(42(38,39)27-14-5-4-6-15-27)28-19-26(40-2)16-17-29(28)41-3/h4-6,9-11,14-19,22,25H,7-8,12-13,20-21H2,1-3H3,(H,33,37)/t22-/m1/s1. The summed E-state index contributed by atoms with van der Waals surface area (Å²) < 4.78 is 40.0. The van der Waals surface area contributed by atoms with Crippen molar-refractivity contribution in [2.45, 2.75) is 56.1 Å². The first-order valence-electron chi connectivity index (χ1n) is 13.8. The van der Waals surface area contributed by atoms with Crippen LogP contribution in [0.3, 0.4) is 0 Å². The topological polar surface area (TPSA) is 105 Å². The number of halogens is 1. The number of carbonyl (C=O) groups is 2. The highest BCUT2D eigenvalue weighted by molar-refractivity contribution is 7.92. The molecule has 4 rings (SSSR count). The van der Waals surface area contributed by atoms with Crippen molar-refractivity contribution in [1.29, 1.82) is 0 Å². The zero-order chi connectivity index (χ0) is 30.3. The molecule has 11 heteroatoms. The van der Waals surface area contributed by atoms with Gasteiger partial charge in [0.15, 0.2) is 0 Å². The number of benzene rings is 3. The summed E-state index contributed by atoms with van der Waals surface area (Å²) in [4.78, 5) is 28.9. The van der Waals surface area contributed by atoms with Crippen LogP contribution in [0.1, 0.15) is 38.2 Å². The lowest BCUT2D eigenvalue weighted by Crippen LogP contribution is -2.52. The van der Waals surface area contributed by atoms with Crippen molar-refractivity contribution < 1.29 is 27.5 Å². The second-order valence-corrected chi connectivity index (χ2v) is 12.5. The molecule has 224 valence electrons. The molecular weight excluding hydrogens is 578 g/mol. The molecule has 1 atom stereocenters. The molecule has 9 nitrogen and oxygen atoms in total. The molecule has 0 unspecified atom stereocenters. The van der Waals surface area contributed by atoms with Gasteiger partial charge in [-0.15, -0.1) is 0 Å². The van der Waals surface area contributed by atoms with Crippen LogP contribution in [0.2, 0.25) is 5.02 Å². The van der Waals surface area contributed by atoms with E-state index >= 15 is 0 Å². The average molecular weight is 614 g/mol. The molecule has 0 bridgehead atoms. The molecule has 1 aliphatic rings. The summed E-state index contributed by atoms with van der Waals surface area (Å²) in [6.45, 7) is 1.10. The van der Waals surface area contributed by atoms with E-state index in [1.54, 1.807) is 61.5 Å². The molecule has 0 aliphatic heterocycles. The minimum Gasteiger partial charge on any atom is -0.497 e. The van der Waals surface area contributed by atoms with Gasteiger partial charge >= 0.3 is 0 Å². The normalized spacial score (nSPS) is 14.2. The number of methoxy groups -OCH3 is 2. The van der Waals surface area contributed by atoms with Gasteiger partial charge in [0, 0.05) is 23.7 Å². The Morgan fingerprint density at radius 1 is 0.976 bits per heavy atom. The highest BCUT2D eigenvalue weighted by atomic mass is 35.5. The van der Waals surface area contributed by atoms with E-state index in [2.05, 4.69) is 5.32 Å². The van der Waals surface area contributed by atoms with Crippen molar-refractivity contribution in [3.05, 3.63) is 83.4 Å². The van der Waals surface area contributed by atoms with Crippen LogP contribution in [0.4, 0.5) is 5.69 Å².